The van der Waals surface area contributed by atoms with Gasteiger partial charge in [-0.3, -0.25) is 4.79 Å². The molecule has 3 nitrogen and oxygen atoms in total. The summed E-state index contributed by atoms with van der Waals surface area (Å²) in [5.74, 6) is 1.99. The van der Waals surface area contributed by atoms with Crippen molar-refractivity contribution in [1.29, 1.82) is 0 Å². The topological polar surface area (TPSA) is 55.1 Å². The predicted molar refractivity (Wildman–Crippen MR) is 70.6 cm³/mol. The smallest absolute Gasteiger partial charge is 0.237 e. The molecule has 0 spiro atoms. The van der Waals surface area contributed by atoms with Crippen LogP contribution in [0.1, 0.15) is 46.0 Å². The number of amides is 1. The molecule has 0 radical (unpaired) electrons. The normalized spacial score (nSPS) is 19.4. The van der Waals surface area contributed by atoms with Crippen LogP contribution in [0, 0.1) is 0 Å². The second-order valence-corrected chi connectivity index (χ2v) is 6.06. The van der Waals surface area contributed by atoms with Crippen LogP contribution in [0.3, 0.4) is 0 Å². The molecular formula is C12H24N2OS. The van der Waals surface area contributed by atoms with Crippen molar-refractivity contribution in [3.8, 4) is 0 Å². The van der Waals surface area contributed by atoms with Crippen LogP contribution >= 0.6 is 11.8 Å². The van der Waals surface area contributed by atoms with Crippen molar-refractivity contribution in [2.24, 2.45) is 5.73 Å². The zero-order chi connectivity index (χ0) is 12.0. The van der Waals surface area contributed by atoms with Crippen molar-refractivity contribution in [2.45, 2.75) is 57.5 Å². The van der Waals surface area contributed by atoms with E-state index in [1.165, 1.54) is 31.4 Å². The third-order valence-corrected chi connectivity index (χ3v) is 4.10. The van der Waals surface area contributed by atoms with Gasteiger partial charge in [0.2, 0.25) is 5.91 Å². The molecule has 0 aromatic carbocycles. The maximum absolute atomic E-state index is 11.5. The molecule has 1 atom stereocenters. The quantitative estimate of drug-likeness (QED) is 0.609. The average Bonchev–Trinajstić information content (AvgIpc) is 3.01. The number of unbranched alkanes of at least 4 members (excludes halogenated alkanes) is 1. The number of nitrogens with one attached hydrogen (secondary N) is 1. The van der Waals surface area contributed by atoms with Crippen molar-refractivity contribution in [1.82, 2.24) is 5.32 Å². The fourth-order valence-electron chi connectivity index (χ4n) is 1.57. The standard InChI is InChI=1S/C12H24N2OS/c1-3-4-8-16-9-7-12(2,11(13)15)14-10-5-6-10/h10,14H,3-9H2,1-2H3,(H2,13,15). The van der Waals surface area contributed by atoms with Crippen LogP contribution in [0.5, 0.6) is 0 Å². The molecule has 0 aromatic rings. The highest BCUT2D eigenvalue weighted by molar-refractivity contribution is 7.99. The third-order valence-electron chi connectivity index (χ3n) is 3.03. The van der Waals surface area contributed by atoms with Gasteiger partial charge in [-0.25, -0.2) is 0 Å². The van der Waals surface area contributed by atoms with Gasteiger partial charge in [0.05, 0.1) is 5.54 Å². The molecule has 16 heavy (non-hydrogen) atoms. The van der Waals surface area contributed by atoms with Gasteiger partial charge in [-0.1, -0.05) is 13.3 Å². The summed E-state index contributed by atoms with van der Waals surface area (Å²) < 4.78 is 0. The molecule has 0 aromatic heterocycles. The lowest BCUT2D eigenvalue weighted by atomic mass is 9.98. The molecule has 94 valence electrons. The number of hydrogen-bond donors (Lipinski definition) is 2. The van der Waals surface area contributed by atoms with Crippen LogP contribution in [-0.2, 0) is 4.79 Å². The molecule has 1 unspecified atom stereocenters. The second kappa shape index (κ2) is 6.50. The van der Waals surface area contributed by atoms with E-state index >= 15 is 0 Å². The van der Waals surface area contributed by atoms with E-state index in [0.29, 0.717) is 6.04 Å². The molecule has 3 N–H and O–H groups in total. The number of nitrogens with two attached hydrogens (primary N) is 1. The summed E-state index contributed by atoms with van der Waals surface area (Å²) in [7, 11) is 0. The van der Waals surface area contributed by atoms with Crippen LogP contribution in [0.2, 0.25) is 0 Å². The number of carbonyl (C=O) groups is 1. The first-order chi connectivity index (χ1) is 7.58. The molecule has 1 aliphatic carbocycles. The number of hydrogen-bond acceptors (Lipinski definition) is 3. The van der Waals surface area contributed by atoms with Gasteiger partial charge in [-0.15, -0.1) is 0 Å². The van der Waals surface area contributed by atoms with E-state index in [1.54, 1.807) is 0 Å². The SMILES string of the molecule is CCCCSCCC(C)(NC1CC1)C(N)=O. The molecule has 0 saturated heterocycles. The summed E-state index contributed by atoms with van der Waals surface area (Å²) in [6.07, 6.45) is 5.71. The fraction of sp³-hybridized carbons (Fsp3) is 0.917. The molecule has 4 heteroatoms. The highest BCUT2D eigenvalue weighted by Gasteiger charge is 2.36. The summed E-state index contributed by atoms with van der Waals surface area (Å²) in [5, 5.41) is 3.37. The molecule has 1 saturated carbocycles. The van der Waals surface area contributed by atoms with Gasteiger partial charge in [-0.05, 0) is 44.1 Å². The summed E-state index contributed by atoms with van der Waals surface area (Å²) in [6, 6.07) is 0.526. The van der Waals surface area contributed by atoms with E-state index in [-0.39, 0.29) is 5.91 Å². The van der Waals surface area contributed by atoms with E-state index in [9.17, 15) is 4.79 Å². The highest BCUT2D eigenvalue weighted by atomic mass is 32.2. The maximum atomic E-state index is 11.5. The number of rotatable bonds is 9. The maximum Gasteiger partial charge on any atom is 0.237 e. The summed E-state index contributed by atoms with van der Waals surface area (Å²) in [4.78, 5) is 11.5. The van der Waals surface area contributed by atoms with E-state index < -0.39 is 5.54 Å². The van der Waals surface area contributed by atoms with Crippen LogP contribution in [0.4, 0.5) is 0 Å². The molecule has 0 aliphatic heterocycles. The van der Waals surface area contributed by atoms with Crippen molar-refractivity contribution in [3.05, 3.63) is 0 Å². The van der Waals surface area contributed by atoms with Gasteiger partial charge < -0.3 is 11.1 Å². The number of thioether (sulfide) groups is 1. The van der Waals surface area contributed by atoms with Crippen LogP contribution in [0.15, 0.2) is 0 Å². The Morgan fingerprint density at radius 2 is 2.19 bits per heavy atom. The average molecular weight is 244 g/mol. The lowest BCUT2D eigenvalue weighted by Gasteiger charge is -2.27. The van der Waals surface area contributed by atoms with Gasteiger partial charge >= 0.3 is 0 Å². The van der Waals surface area contributed by atoms with E-state index in [4.69, 9.17) is 5.73 Å². The minimum absolute atomic E-state index is 0.213. The molecule has 0 bridgehead atoms. The van der Waals surface area contributed by atoms with E-state index in [0.717, 1.165) is 12.2 Å². The van der Waals surface area contributed by atoms with E-state index in [1.807, 2.05) is 18.7 Å². The molecule has 1 rings (SSSR count). The fourth-order valence-corrected chi connectivity index (χ4v) is 2.82. The van der Waals surface area contributed by atoms with Gasteiger partial charge in [0.1, 0.15) is 0 Å². The van der Waals surface area contributed by atoms with Gasteiger partial charge in [-0.2, -0.15) is 11.8 Å². The largest absolute Gasteiger partial charge is 0.368 e. The Morgan fingerprint density at radius 3 is 2.69 bits per heavy atom. The Kier molecular flexibility index (Phi) is 5.62. The van der Waals surface area contributed by atoms with Crippen LogP contribution in [0.25, 0.3) is 0 Å². The predicted octanol–water partition coefficient (Wildman–Crippen LogP) is 1.91. The highest BCUT2D eigenvalue weighted by Crippen LogP contribution is 2.25. The summed E-state index contributed by atoms with van der Waals surface area (Å²) in [5.41, 5.74) is 4.98. The minimum Gasteiger partial charge on any atom is -0.368 e. The monoisotopic (exact) mass is 244 g/mol. The van der Waals surface area contributed by atoms with Crippen molar-refractivity contribution < 1.29 is 4.79 Å². The molecule has 1 fully saturated rings. The Labute approximate surface area is 103 Å². The molecule has 0 heterocycles. The van der Waals surface area contributed by atoms with Gasteiger partial charge in [0, 0.05) is 6.04 Å². The Bertz CT molecular complexity index is 231. The molecule has 1 amide bonds. The zero-order valence-electron chi connectivity index (χ0n) is 10.4. The van der Waals surface area contributed by atoms with Gasteiger partial charge in [0.15, 0.2) is 0 Å². The molecular weight excluding hydrogens is 220 g/mol. The van der Waals surface area contributed by atoms with Crippen LogP contribution in [-0.4, -0.2) is 29.0 Å². The Balaban J connectivity index is 2.23. The summed E-state index contributed by atoms with van der Waals surface area (Å²) in [6.45, 7) is 4.14. The first-order valence-corrected chi connectivity index (χ1v) is 7.39. The van der Waals surface area contributed by atoms with Crippen molar-refractivity contribution >= 4 is 17.7 Å². The second-order valence-electron chi connectivity index (χ2n) is 4.83. The lowest BCUT2D eigenvalue weighted by molar-refractivity contribution is -0.124. The minimum atomic E-state index is -0.500. The van der Waals surface area contributed by atoms with Crippen LogP contribution < -0.4 is 11.1 Å². The third kappa shape index (κ3) is 4.74. The Hall–Kier alpha value is -0.220. The first-order valence-electron chi connectivity index (χ1n) is 6.24. The molecule has 1 aliphatic rings. The zero-order valence-corrected chi connectivity index (χ0v) is 11.2. The number of carbonyl (C=O) groups excluding carboxylic acids is 1. The first kappa shape index (κ1) is 13.8. The summed E-state index contributed by atoms with van der Waals surface area (Å²) >= 11 is 1.92. The lowest BCUT2D eigenvalue weighted by Crippen LogP contribution is -2.54. The Morgan fingerprint density at radius 1 is 1.50 bits per heavy atom. The van der Waals surface area contributed by atoms with Gasteiger partial charge in [0.25, 0.3) is 0 Å². The van der Waals surface area contributed by atoms with Crippen molar-refractivity contribution in [3.63, 3.8) is 0 Å². The van der Waals surface area contributed by atoms with E-state index in [2.05, 4.69) is 12.2 Å². The van der Waals surface area contributed by atoms with Crippen molar-refractivity contribution in [2.75, 3.05) is 11.5 Å². The number of primary amides is 1.